The van der Waals surface area contributed by atoms with Crippen molar-refractivity contribution < 1.29 is 13.2 Å². The monoisotopic (exact) mass is 277 g/mol. The Kier molecular flexibility index (Phi) is 4.60. The molecule has 0 bridgehead atoms. The molecule has 0 aromatic heterocycles. The molecule has 0 atom stereocenters. The van der Waals surface area contributed by atoms with Crippen LogP contribution in [0.15, 0.2) is 0 Å². The van der Waals surface area contributed by atoms with Gasteiger partial charge in [-0.25, -0.2) is 0 Å². The maximum atomic E-state index is 12.0. The van der Waals surface area contributed by atoms with E-state index in [9.17, 15) is 8.42 Å². The third-order valence-electron chi connectivity index (χ3n) is 3.77. The second kappa shape index (κ2) is 5.83. The highest BCUT2D eigenvalue weighted by Gasteiger charge is 2.31. The second-order valence-corrected chi connectivity index (χ2v) is 7.21. The molecule has 18 heavy (non-hydrogen) atoms. The first-order chi connectivity index (χ1) is 8.51. The summed E-state index contributed by atoms with van der Waals surface area (Å²) in [7, 11) is -0.0718. The summed E-state index contributed by atoms with van der Waals surface area (Å²) >= 11 is 0. The molecule has 2 aliphatic rings. The highest BCUT2D eigenvalue weighted by atomic mass is 32.2. The lowest BCUT2D eigenvalue weighted by molar-refractivity contribution is 0.0226. The molecule has 2 fully saturated rings. The average Bonchev–Trinajstić information content (AvgIpc) is 2.40. The van der Waals surface area contributed by atoms with Gasteiger partial charge in [-0.2, -0.15) is 17.0 Å². The topological polar surface area (TPSA) is 53.1 Å². The van der Waals surface area contributed by atoms with Crippen LogP contribution in [0, 0.1) is 0 Å². The number of nitrogens with zero attached hydrogens (tertiary/aromatic N) is 3. The summed E-state index contributed by atoms with van der Waals surface area (Å²) in [6.07, 6.45) is 2.14. The summed E-state index contributed by atoms with van der Waals surface area (Å²) in [4.78, 5) is 2.41. The van der Waals surface area contributed by atoms with Crippen molar-refractivity contribution in [1.29, 1.82) is 0 Å². The van der Waals surface area contributed by atoms with Crippen molar-refractivity contribution in [2.45, 2.75) is 18.9 Å². The molecule has 0 aromatic carbocycles. The van der Waals surface area contributed by atoms with E-state index >= 15 is 0 Å². The van der Waals surface area contributed by atoms with Gasteiger partial charge in [-0.1, -0.05) is 0 Å². The molecule has 0 saturated carbocycles. The lowest BCUT2D eigenvalue weighted by Gasteiger charge is -2.40. The SMILES string of the molecule is CN(C)S(=O)(=O)N1CCN(C2CCOCC2)CC1. The smallest absolute Gasteiger partial charge is 0.281 e. The van der Waals surface area contributed by atoms with Crippen LogP contribution in [-0.4, -0.2) is 81.5 Å². The number of hydrogen-bond donors (Lipinski definition) is 0. The van der Waals surface area contributed by atoms with E-state index in [1.165, 1.54) is 4.31 Å². The normalized spacial score (nSPS) is 25.7. The maximum absolute atomic E-state index is 12.0. The van der Waals surface area contributed by atoms with Crippen molar-refractivity contribution >= 4 is 10.2 Å². The highest BCUT2D eigenvalue weighted by molar-refractivity contribution is 7.86. The molecule has 2 saturated heterocycles. The van der Waals surface area contributed by atoms with Crippen molar-refractivity contribution in [2.24, 2.45) is 0 Å². The Morgan fingerprint density at radius 1 is 1.06 bits per heavy atom. The van der Waals surface area contributed by atoms with Gasteiger partial charge in [0.25, 0.3) is 10.2 Å². The first kappa shape index (κ1) is 14.2. The molecule has 106 valence electrons. The average molecular weight is 277 g/mol. The second-order valence-electron chi connectivity index (χ2n) is 5.07. The predicted molar refractivity (Wildman–Crippen MR) is 69.6 cm³/mol. The van der Waals surface area contributed by atoms with Crippen LogP contribution in [0.25, 0.3) is 0 Å². The number of piperazine rings is 1. The third kappa shape index (κ3) is 3.03. The van der Waals surface area contributed by atoms with Gasteiger partial charge < -0.3 is 4.74 Å². The summed E-state index contributed by atoms with van der Waals surface area (Å²) in [5.74, 6) is 0. The molecule has 0 amide bonds. The van der Waals surface area contributed by atoms with Gasteiger partial charge in [0.05, 0.1) is 0 Å². The van der Waals surface area contributed by atoms with E-state index in [1.54, 1.807) is 18.4 Å². The fourth-order valence-electron chi connectivity index (χ4n) is 2.58. The largest absolute Gasteiger partial charge is 0.381 e. The Morgan fingerprint density at radius 2 is 1.61 bits per heavy atom. The summed E-state index contributed by atoms with van der Waals surface area (Å²) in [5.41, 5.74) is 0. The van der Waals surface area contributed by atoms with Gasteiger partial charge in [0.2, 0.25) is 0 Å². The Hall–Kier alpha value is -0.210. The third-order valence-corrected chi connectivity index (χ3v) is 5.71. The van der Waals surface area contributed by atoms with Crippen molar-refractivity contribution in [3.8, 4) is 0 Å². The standard InChI is InChI=1S/C11H23N3O3S/c1-12(2)18(15,16)14-7-5-13(6-8-14)11-3-9-17-10-4-11/h11H,3-10H2,1-2H3. The van der Waals surface area contributed by atoms with Crippen molar-refractivity contribution in [2.75, 3.05) is 53.5 Å². The van der Waals surface area contributed by atoms with E-state index in [0.717, 1.165) is 39.1 Å². The van der Waals surface area contributed by atoms with Gasteiger partial charge in [0.15, 0.2) is 0 Å². The summed E-state index contributed by atoms with van der Waals surface area (Å²) in [5, 5.41) is 0. The van der Waals surface area contributed by atoms with E-state index in [4.69, 9.17) is 4.74 Å². The van der Waals surface area contributed by atoms with Crippen LogP contribution >= 0.6 is 0 Å². The van der Waals surface area contributed by atoms with Crippen LogP contribution in [0.2, 0.25) is 0 Å². The molecule has 0 aromatic rings. The molecular weight excluding hydrogens is 254 g/mol. The van der Waals surface area contributed by atoms with Crippen LogP contribution < -0.4 is 0 Å². The van der Waals surface area contributed by atoms with Crippen LogP contribution in [0.1, 0.15) is 12.8 Å². The Labute approximate surface area is 110 Å². The Morgan fingerprint density at radius 3 is 2.11 bits per heavy atom. The maximum Gasteiger partial charge on any atom is 0.281 e. The van der Waals surface area contributed by atoms with Gasteiger partial charge in [-0.15, -0.1) is 0 Å². The lowest BCUT2D eigenvalue weighted by Crippen LogP contribution is -2.54. The van der Waals surface area contributed by atoms with E-state index in [-0.39, 0.29) is 0 Å². The Balaban J connectivity index is 1.88. The van der Waals surface area contributed by atoms with E-state index in [2.05, 4.69) is 4.90 Å². The fourth-order valence-corrected chi connectivity index (χ4v) is 3.67. The minimum Gasteiger partial charge on any atom is -0.381 e. The first-order valence-electron chi connectivity index (χ1n) is 6.51. The molecule has 6 nitrogen and oxygen atoms in total. The first-order valence-corrected chi connectivity index (χ1v) is 7.91. The van der Waals surface area contributed by atoms with E-state index < -0.39 is 10.2 Å². The summed E-state index contributed by atoms with van der Waals surface area (Å²) in [6, 6.07) is 0.572. The Bertz CT molecular complexity index is 358. The van der Waals surface area contributed by atoms with Crippen LogP contribution in [0.3, 0.4) is 0 Å². The number of ether oxygens (including phenoxy) is 1. The quantitative estimate of drug-likeness (QED) is 0.704. The lowest BCUT2D eigenvalue weighted by atomic mass is 10.1. The molecule has 0 unspecified atom stereocenters. The van der Waals surface area contributed by atoms with Gasteiger partial charge in [-0.05, 0) is 12.8 Å². The fraction of sp³-hybridized carbons (Fsp3) is 1.00. The summed E-state index contributed by atoms with van der Waals surface area (Å²) in [6.45, 7) is 4.52. The van der Waals surface area contributed by atoms with Gasteiger partial charge in [0, 0.05) is 59.5 Å². The molecule has 0 spiro atoms. The zero-order valence-corrected chi connectivity index (χ0v) is 12.0. The summed E-state index contributed by atoms with van der Waals surface area (Å²) < 4.78 is 32.2. The molecule has 0 N–H and O–H groups in total. The molecule has 0 radical (unpaired) electrons. The van der Waals surface area contributed by atoms with E-state index in [0.29, 0.717) is 19.1 Å². The predicted octanol–water partition coefficient (Wildman–Crippen LogP) is -0.411. The number of rotatable bonds is 3. The number of hydrogen-bond acceptors (Lipinski definition) is 4. The molecular formula is C11H23N3O3S. The van der Waals surface area contributed by atoms with Gasteiger partial charge >= 0.3 is 0 Å². The van der Waals surface area contributed by atoms with Crippen molar-refractivity contribution in [3.63, 3.8) is 0 Å². The van der Waals surface area contributed by atoms with Crippen LogP contribution in [0.5, 0.6) is 0 Å². The minimum absolute atomic E-state index is 0.572. The molecule has 2 aliphatic heterocycles. The van der Waals surface area contributed by atoms with Crippen LogP contribution in [0.4, 0.5) is 0 Å². The van der Waals surface area contributed by atoms with E-state index in [1.807, 2.05) is 0 Å². The molecule has 2 heterocycles. The zero-order chi connectivity index (χ0) is 13.2. The molecule has 2 rings (SSSR count). The zero-order valence-electron chi connectivity index (χ0n) is 11.2. The van der Waals surface area contributed by atoms with Crippen molar-refractivity contribution in [3.05, 3.63) is 0 Å². The molecule has 7 heteroatoms. The molecule has 0 aliphatic carbocycles. The van der Waals surface area contributed by atoms with Gasteiger partial charge in [0.1, 0.15) is 0 Å². The van der Waals surface area contributed by atoms with Crippen LogP contribution in [-0.2, 0) is 14.9 Å². The van der Waals surface area contributed by atoms with Crippen molar-refractivity contribution in [1.82, 2.24) is 13.5 Å². The highest BCUT2D eigenvalue weighted by Crippen LogP contribution is 2.18. The van der Waals surface area contributed by atoms with Gasteiger partial charge in [-0.3, -0.25) is 4.90 Å². The minimum atomic E-state index is -3.24.